The Morgan fingerprint density at radius 3 is 2.71 bits per heavy atom. The number of aromatic nitrogens is 2. The van der Waals surface area contributed by atoms with E-state index < -0.39 is 24.2 Å². The number of hydrogen-bond acceptors (Lipinski definition) is 5. The van der Waals surface area contributed by atoms with Gasteiger partial charge in [-0.05, 0) is 45.1 Å². The molecule has 2 N–H and O–H groups in total. The number of nitrogens with zero attached hydrogens (tertiary/aromatic N) is 2. The van der Waals surface area contributed by atoms with E-state index in [0.29, 0.717) is 5.75 Å². The molecule has 0 radical (unpaired) electrons. The fraction of sp³-hybridized carbons (Fsp3) is 0.300. The number of halogens is 4. The van der Waals surface area contributed by atoms with Gasteiger partial charge in [0.2, 0.25) is 0 Å². The van der Waals surface area contributed by atoms with Crippen molar-refractivity contribution >= 4 is 39.0 Å². The molecule has 0 bridgehead atoms. The van der Waals surface area contributed by atoms with E-state index in [1.165, 1.54) is 11.3 Å². The number of anilines is 1. The zero-order valence-electron chi connectivity index (χ0n) is 16.2. The van der Waals surface area contributed by atoms with Crippen molar-refractivity contribution in [1.82, 2.24) is 15.1 Å². The first-order valence-corrected chi connectivity index (χ1v) is 11.0. The van der Waals surface area contributed by atoms with Gasteiger partial charge in [0, 0.05) is 17.8 Å². The molecule has 0 aliphatic carbocycles. The third kappa shape index (κ3) is 4.42. The summed E-state index contributed by atoms with van der Waals surface area (Å²) in [6.45, 7) is 0.200. The Morgan fingerprint density at radius 2 is 2.10 bits per heavy atom. The van der Waals surface area contributed by atoms with Crippen LogP contribution in [0.25, 0.3) is 0 Å². The zero-order chi connectivity index (χ0) is 22.2. The van der Waals surface area contributed by atoms with Gasteiger partial charge in [0.1, 0.15) is 11.6 Å². The van der Waals surface area contributed by atoms with Crippen LogP contribution < -0.4 is 15.4 Å². The molecular formula is C20H18BrF3N4O2S. The molecule has 0 unspecified atom stereocenters. The molecule has 4 rings (SSSR count). The standard InChI is InChI=1S/C20H18BrF3N4O2S/c1-30-12-6-4-11(5-7-12)10-25-19(29)17-16(21)18-26-13(14-3-2-8-31-14)9-15(20(22,23)24)28(18)27-17/h2-8,13,15,26H,9-10H2,1H3,(H,25,29)/t13-,15-/m0/s1. The quantitative estimate of drug-likeness (QED) is 0.484. The molecule has 2 aromatic heterocycles. The van der Waals surface area contributed by atoms with Gasteiger partial charge in [0.25, 0.3) is 5.91 Å². The summed E-state index contributed by atoms with van der Waals surface area (Å²) in [6, 6.07) is 8.32. The average molecular weight is 515 g/mol. The summed E-state index contributed by atoms with van der Waals surface area (Å²) in [5.74, 6) is 0.255. The molecule has 3 aromatic rings. The van der Waals surface area contributed by atoms with Crippen LogP contribution in [-0.2, 0) is 6.54 Å². The Labute approximate surface area is 188 Å². The predicted molar refractivity (Wildman–Crippen MR) is 114 cm³/mol. The smallest absolute Gasteiger partial charge is 0.410 e. The van der Waals surface area contributed by atoms with Gasteiger partial charge in [-0.3, -0.25) is 4.79 Å². The van der Waals surface area contributed by atoms with Crippen LogP contribution in [0.4, 0.5) is 19.0 Å². The van der Waals surface area contributed by atoms with Crippen molar-refractivity contribution in [2.75, 3.05) is 12.4 Å². The highest BCUT2D eigenvalue weighted by Crippen LogP contribution is 2.46. The van der Waals surface area contributed by atoms with E-state index in [4.69, 9.17) is 4.74 Å². The summed E-state index contributed by atoms with van der Waals surface area (Å²) in [4.78, 5) is 13.5. The number of amides is 1. The van der Waals surface area contributed by atoms with Gasteiger partial charge in [-0.15, -0.1) is 11.3 Å². The maximum Gasteiger partial charge on any atom is 0.410 e. The van der Waals surface area contributed by atoms with Crippen LogP contribution in [0.3, 0.4) is 0 Å². The topological polar surface area (TPSA) is 68.2 Å². The van der Waals surface area contributed by atoms with Crippen LogP contribution in [-0.4, -0.2) is 29.0 Å². The van der Waals surface area contributed by atoms with E-state index in [1.54, 1.807) is 43.5 Å². The van der Waals surface area contributed by atoms with Crippen molar-refractivity contribution in [2.45, 2.75) is 31.2 Å². The zero-order valence-corrected chi connectivity index (χ0v) is 18.6. The number of hydrogen-bond donors (Lipinski definition) is 2. The van der Waals surface area contributed by atoms with Crippen LogP contribution in [0.5, 0.6) is 5.75 Å². The van der Waals surface area contributed by atoms with Gasteiger partial charge in [-0.2, -0.15) is 18.3 Å². The molecule has 0 spiro atoms. The van der Waals surface area contributed by atoms with Crippen LogP contribution >= 0.6 is 27.3 Å². The van der Waals surface area contributed by atoms with Crippen molar-refractivity contribution < 1.29 is 22.7 Å². The molecule has 1 aliphatic heterocycles. The first-order valence-electron chi connectivity index (χ1n) is 9.33. The Hall–Kier alpha value is -2.53. The molecule has 0 saturated carbocycles. The minimum atomic E-state index is -4.51. The lowest BCUT2D eigenvalue weighted by Crippen LogP contribution is -2.35. The van der Waals surface area contributed by atoms with Crippen LogP contribution in [0.1, 0.15) is 39.4 Å². The SMILES string of the molecule is COc1ccc(CNC(=O)c2nn3c(c2Br)N[C@H](c2cccs2)C[C@H]3C(F)(F)F)cc1. The van der Waals surface area contributed by atoms with E-state index in [1.807, 2.05) is 5.38 Å². The Balaban J connectivity index is 1.58. The van der Waals surface area contributed by atoms with Crippen molar-refractivity contribution in [3.05, 3.63) is 62.4 Å². The fourth-order valence-corrected chi connectivity index (χ4v) is 4.77. The molecule has 3 heterocycles. The lowest BCUT2D eigenvalue weighted by atomic mass is 10.0. The third-order valence-electron chi connectivity index (χ3n) is 5.01. The van der Waals surface area contributed by atoms with Crippen LogP contribution in [0, 0.1) is 0 Å². The lowest BCUT2D eigenvalue weighted by molar-refractivity contribution is -0.173. The lowest BCUT2D eigenvalue weighted by Gasteiger charge is -2.33. The number of carbonyl (C=O) groups excluding carboxylic acids is 1. The number of nitrogens with one attached hydrogen (secondary N) is 2. The van der Waals surface area contributed by atoms with E-state index in [0.717, 1.165) is 15.1 Å². The number of ether oxygens (including phenoxy) is 1. The van der Waals surface area contributed by atoms with Crippen molar-refractivity contribution in [3.63, 3.8) is 0 Å². The molecule has 1 aliphatic rings. The summed E-state index contributed by atoms with van der Waals surface area (Å²) in [6.07, 6.45) is -4.72. The summed E-state index contributed by atoms with van der Waals surface area (Å²) >= 11 is 4.66. The van der Waals surface area contributed by atoms with Crippen molar-refractivity contribution in [3.8, 4) is 5.75 Å². The number of carbonyl (C=O) groups is 1. The van der Waals surface area contributed by atoms with Gasteiger partial charge in [0.05, 0.1) is 17.6 Å². The average Bonchev–Trinajstić information content (AvgIpc) is 3.40. The molecule has 6 nitrogen and oxygen atoms in total. The predicted octanol–water partition coefficient (Wildman–Crippen LogP) is 5.31. The molecule has 11 heteroatoms. The molecule has 164 valence electrons. The van der Waals surface area contributed by atoms with E-state index in [9.17, 15) is 18.0 Å². The fourth-order valence-electron chi connectivity index (χ4n) is 3.42. The molecule has 0 fully saturated rings. The number of thiophene rings is 1. The Bertz CT molecular complexity index is 1070. The minimum absolute atomic E-state index is 0.0999. The largest absolute Gasteiger partial charge is 0.497 e. The maximum atomic E-state index is 13.8. The molecule has 2 atom stereocenters. The van der Waals surface area contributed by atoms with Crippen LogP contribution in [0.2, 0.25) is 0 Å². The van der Waals surface area contributed by atoms with Gasteiger partial charge >= 0.3 is 6.18 Å². The van der Waals surface area contributed by atoms with Gasteiger partial charge in [-0.1, -0.05) is 18.2 Å². The second-order valence-electron chi connectivity index (χ2n) is 6.99. The number of alkyl halides is 3. The number of rotatable bonds is 5. The highest BCUT2D eigenvalue weighted by molar-refractivity contribution is 9.10. The Morgan fingerprint density at radius 1 is 1.35 bits per heavy atom. The number of fused-ring (bicyclic) bond motifs is 1. The van der Waals surface area contributed by atoms with E-state index >= 15 is 0 Å². The Kier molecular flexibility index (Phi) is 5.98. The van der Waals surface area contributed by atoms with Crippen molar-refractivity contribution in [2.24, 2.45) is 0 Å². The second-order valence-corrected chi connectivity index (χ2v) is 8.76. The molecule has 31 heavy (non-hydrogen) atoms. The van der Waals surface area contributed by atoms with Gasteiger partial charge in [-0.25, -0.2) is 4.68 Å². The number of methoxy groups -OCH3 is 1. The van der Waals surface area contributed by atoms with Gasteiger partial charge < -0.3 is 15.4 Å². The monoisotopic (exact) mass is 514 g/mol. The summed E-state index contributed by atoms with van der Waals surface area (Å²) in [5, 5.41) is 11.6. The molecule has 0 saturated heterocycles. The summed E-state index contributed by atoms with van der Waals surface area (Å²) < 4.78 is 47.5. The normalized spacial score (nSPS) is 18.2. The summed E-state index contributed by atoms with van der Waals surface area (Å²) in [7, 11) is 1.56. The van der Waals surface area contributed by atoms with Crippen molar-refractivity contribution in [1.29, 1.82) is 0 Å². The maximum absolute atomic E-state index is 13.8. The summed E-state index contributed by atoms with van der Waals surface area (Å²) in [5.41, 5.74) is 0.718. The van der Waals surface area contributed by atoms with E-state index in [2.05, 4.69) is 31.7 Å². The molecule has 1 amide bonds. The third-order valence-corrected chi connectivity index (χ3v) is 6.75. The molecular weight excluding hydrogens is 497 g/mol. The molecule has 1 aromatic carbocycles. The first kappa shape index (κ1) is 21.7. The minimum Gasteiger partial charge on any atom is -0.497 e. The second kappa shape index (κ2) is 8.54. The first-order chi connectivity index (χ1) is 14.8. The van der Waals surface area contributed by atoms with Gasteiger partial charge in [0.15, 0.2) is 11.7 Å². The highest BCUT2D eigenvalue weighted by atomic mass is 79.9. The van der Waals surface area contributed by atoms with Crippen LogP contribution in [0.15, 0.2) is 46.3 Å². The van der Waals surface area contributed by atoms with E-state index in [-0.39, 0.29) is 29.0 Å². The highest BCUT2D eigenvalue weighted by Gasteiger charge is 2.47. The number of benzene rings is 1.